The van der Waals surface area contributed by atoms with Crippen LogP contribution in [0.1, 0.15) is 51.2 Å². The molecule has 1 aliphatic carbocycles. The summed E-state index contributed by atoms with van der Waals surface area (Å²) >= 11 is 0. The topological polar surface area (TPSA) is 55.8 Å². The van der Waals surface area contributed by atoms with E-state index in [1.807, 2.05) is 6.92 Å². The summed E-state index contributed by atoms with van der Waals surface area (Å²) in [7, 11) is -5.75. The van der Waals surface area contributed by atoms with E-state index in [-0.39, 0.29) is 18.4 Å². The first-order valence-electron chi connectivity index (χ1n) is 9.66. The summed E-state index contributed by atoms with van der Waals surface area (Å²) in [6.45, 7) is 8.20. The van der Waals surface area contributed by atoms with E-state index in [9.17, 15) is 21.6 Å². The van der Waals surface area contributed by atoms with Gasteiger partial charge in [-0.1, -0.05) is 20.8 Å². The lowest BCUT2D eigenvalue weighted by Crippen LogP contribution is -2.37. The summed E-state index contributed by atoms with van der Waals surface area (Å²) < 4.78 is 71.1. The van der Waals surface area contributed by atoms with Crippen molar-refractivity contribution in [1.82, 2.24) is 4.90 Å². The molecule has 0 amide bonds. The minimum absolute atomic E-state index is 0.0339. The monoisotopic (exact) mass is 423 g/mol. The molecule has 1 atom stereocenters. The molecule has 0 N–H and O–H groups in total. The van der Waals surface area contributed by atoms with Crippen molar-refractivity contribution in [3.8, 4) is 11.5 Å². The van der Waals surface area contributed by atoms with Gasteiger partial charge in [-0.25, -0.2) is 0 Å². The molecule has 28 heavy (non-hydrogen) atoms. The minimum atomic E-state index is -5.75. The fourth-order valence-electron chi connectivity index (χ4n) is 3.47. The Labute approximate surface area is 164 Å². The summed E-state index contributed by atoms with van der Waals surface area (Å²) in [6, 6.07) is 3.26. The van der Waals surface area contributed by atoms with Gasteiger partial charge in [0.2, 0.25) is 0 Å². The van der Waals surface area contributed by atoms with Gasteiger partial charge < -0.3 is 8.92 Å². The number of benzene rings is 1. The van der Waals surface area contributed by atoms with Gasteiger partial charge >= 0.3 is 15.6 Å². The molecule has 1 aliphatic rings. The number of halogens is 3. The molecule has 0 fully saturated rings. The molecule has 1 unspecified atom stereocenters. The zero-order chi connectivity index (χ0) is 20.9. The predicted octanol–water partition coefficient (Wildman–Crippen LogP) is 4.29. The second-order valence-electron chi connectivity index (χ2n) is 7.00. The number of fused-ring (bicyclic) bond motifs is 1. The molecule has 0 saturated heterocycles. The average molecular weight is 423 g/mol. The van der Waals surface area contributed by atoms with Crippen LogP contribution in [0.2, 0.25) is 0 Å². The van der Waals surface area contributed by atoms with Crippen LogP contribution in [-0.4, -0.2) is 44.6 Å². The molecule has 0 saturated carbocycles. The van der Waals surface area contributed by atoms with Crippen LogP contribution in [0.4, 0.5) is 13.2 Å². The molecule has 0 radical (unpaired) electrons. The Morgan fingerprint density at radius 2 is 1.54 bits per heavy atom. The highest BCUT2D eigenvalue weighted by Gasteiger charge is 2.49. The Hall–Kier alpha value is -1.48. The van der Waals surface area contributed by atoms with E-state index >= 15 is 0 Å². The van der Waals surface area contributed by atoms with Crippen LogP contribution in [0, 0.1) is 0 Å². The van der Waals surface area contributed by atoms with E-state index in [1.54, 1.807) is 6.07 Å². The number of ether oxygens (including phenoxy) is 1. The second kappa shape index (κ2) is 9.35. The molecule has 0 aliphatic heterocycles. The van der Waals surface area contributed by atoms with Crippen molar-refractivity contribution >= 4 is 10.1 Å². The standard InChI is InChI=1S/C19H28F3NO4S/c1-4-7-23(8-5-2)16-10-14-12-17(26-9-6-3)18(13-15(14)11-16)27-28(24,25)19(20,21)22/h12-13,16H,4-11H2,1-3H3. The zero-order valence-electron chi connectivity index (χ0n) is 16.5. The molecule has 0 aromatic heterocycles. The lowest BCUT2D eigenvalue weighted by atomic mass is 10.1. The van der Waals surface area contributed by atoms with Crippen LogP contribution >= 0.6 is 0 Å². The maximum absolute atomic E-state index is 12.8. The molecule has 5 nitrogen and oxygen atoms in total. The van der Waals surface area contributed by atoms with Gasteiger partial charge in [0.1, 0.15) is 0 Å². The fourth-order valence-corrected chi connectivity index (χ4v) is 3.93. The smallest absolute Gasteiger partial charge is 0.490 e. The van der Waals surface area contributed by atoms with Gasteiger partial charge in [0.25, 0.3) is 0 Å². The van der Waals surface area contributed by atoms with Crippen molar-refractivity contribution < 1.29 is 30.5 Å². The molecule has 9 heteroatoms. The fraction of sp³-hybridized carbons (Fsp3) is 0.684. The van der Waals surface area contributed by atoms with Crippen LogP contribution in [-0.2, 0) is 23.0 Å². The van der Waals surface area contributed by atoms with Crippen LogP contribution in [0.3, 0.4) is 0 Å². The van der Waals surface area contributed by atoms with Crippen LogP contribution < -0.4 is 8.92 Å². The third-order valence-corrected chi connectivity index (χ3v) is 5.63. The van der Waals surface area contributed by atoms with Crippen molar-refractivity contribution in [2.24, 2.45) is 0 Å². The third-order valence-electron chi connectivity index (χ3n) is 4.66. The molecule has 0 spiro atoms. The lowest BCUT2D eigenvalue weighted by Gasteiger charge is -2.27. The largest absolute Gasteiger partial charge is 0.534 e. The van der Waals surface area contributed by atoms with Gasteiger partial charge in [-0.2, -0.15) is 21.6 Å². The van der Waals surface area contributed by atoms with E-state index in [0.717, 1.165) is 43.5 Å². The second-order valence-corrected chi connectivity index (χ2v) is 8.54. The molecule has 0 bridgehead atoms. The Morgan fingerprint density at radius 3 is 2.00 bits per heavy atom. The van der Waals surface area contributed by atoms with Gasteiger partial charge in [-0.3, -0.25) is 4.90 Å². The maximum atomic E-state index is 12.8. The van der Waals surface area contributed by atoms with Gasteiger partial charge in [0.05, 0.1) is 6.61 Å². The lowest BCUT2D eigenvalue weighted by molar-refractivity contribution is -0.0500. The number of hydrogen-bond acceptors (Lipinski definition) is 5. The highest BCUT2D eigenvalue weighted by atomic mass is 32.2. The van der Waals surface area contributed by atoms with E-state index in [0.29, 0.717) is 12.8 Å². The molecule has 0 heterocycles. The maximum Gasteiger partial charge on any atom is 0.534 e. The summed E-state index contributed by atoms with van der Waals surface area (Å²) in [6.07, 6.45) is 4.05. The Morgan fingerprint density at radius 1 is 1.00 bits per heavy atom. The number of alkyl halides is 3. The van der Waals surface area contributed by atoms with Gasteiger partial charge in [-0.15, -0.1) is 0 Å². The first kappa shape index (κ1) is 22.8. The summed E-state index contributed by atoms with van der Waals surface area (Å²) in [5.74, 6) is -0.366. The van der Waals surface area contributed by atoms with Gasteiger partial charge in [0, 0.05) is 6.04 Å². The molecular formula is C19H28F3NO4S. The highest BCUT2D eigenvalue weighted by molar-refractivity contribution is 7.88. The zero-order valence-corrected chi connectivity index (χ0v) is 17.3. The summed E-state index contributed by atoms with van der Waals surface area (Å²) in [4.78, 5) is 2.37. The van der Waals surface area contributed by atoms with Crippen LogP contribution in [0.5, 0.6) is 11.5 Å². The van der Waals surface area contributed by atoms with Crippen molar-refractivity contribution in [2.45, 2.75) is 64.4 Å². The van der Waals surface area contributed by atoms with Gasteiger partial charge in [-0.05, 0) is 68.5 Å². The summed E-state index contributed by atoms with van der Waals surface area (Å²) in [5, 5.41) is 0. The van der Waals surface area contributed by atoms with Crippen molar-refractivity contribution in [1.29, 1.82) is 0 Å². The van der Waals surface area contributed by atoms with E-state index in [4.69, 9.17) is 4.74 Å². The predicted molar refractivity (Wildman–Crippen MR) is 101 cm³/mol. The van der Waals surface area contributed by atoms with Gasteiger partial charge in [0.15, 0.2) is 11.5 Å². The minimum Gasteiger partial charge on any atom is -0.490 e. The van der Waals surface area contributed by atoms with Crippen molar-refractivity contribution in [3.63, 3.8) is 0 Å². The average Bonchev–Trinajstić information content (AvgIpc) is 3.01. The Kier molecular flexibility index (Phi) is 7.61. The molecule has 160 valence electrons. The quantitative estimate of drug-likeness (QED) is 0.415. The number of rotatable bonds is 10. The van der Waals surface area contributed by atoms with Crippen molar-refractivity contribution in [3.05, 3.63) is 23.3 Å². The Balaban J connectivity index is 2.33. The third kappa shape index (κ3) is 5.31. The molecule has 2 rings (SSSR count). The van der Waals surface area contributed by atoms with E-state index in [2.05, 4.69) is 22.9 Å². The van der Waals surface area contributed by atoms with Crippen LogP contribution in [0.25, 0.3) is 0 Å². The van der Waals surface area contributed by atoms with Crippen LogP contribution in [0.15, 0.2) is 12.1 Å². The SMILES string of the molecule is CCCOc1cc2c(cc1OS(=O)(=O)C(F)(F)F)CC(N(CCC)CCC)C2. The Bertz CT molecular complexity index is 759. The summed E-state index contributed by atoms with van der Waals surface area (Å²) in [5.41, 5.74) is -3.72. The molecule has 1 aromatic carbocycles. The molecule has 1 aromatic rings. The van der Waals surface area contributed by atoms with E-state index < -0.39 is 21.4 Å². The first-order chi connectivity index (χ1) is 13.1. The number of nitrogens with zero attached hydrogens (tertiary/aromatic N) is 1. The van der Waals surface area contributed by atoms with E-state index in [1.165, 1.54) is 6.07 Å². The van der Waals surface area contributed by atoms with Crippen molar-refractivity contribution in [2.75, 3.05) is 19.7 Å². The number of hydrogen-bond donors (Lipinski definition) is 0. The highest BCUT2D eigenvalue weighted by Crippen LogP contribution is 2.39. The molecular weight excluding hydrogens is 395 g/mol. The normalized spacial score (nSPS) is 17.0. The first-order valence-corrected chi connectivity index (χ1v) is 11.1.